The lowest BCUT2D eigenvalue weighted by molar-refractivity contribution is -0.116. The normalized spacial score (nSPS) is 15.5. The molecule has 1 amide bonds. The average molecular weight is 289 g/mol. The maximum atomic E-state index is 12.0. The number of nitrogen functional groups attached to an aromatic ring is 1. The third-order valence-electron chi connectivity index (χ3n) is 4.33. The van der Waals surface area contributed by atoms with Gasteiger partial charge in [-0.05, 0) is 44.5 Å². The number of amides is 1. The molecule has 0 saturated heterocycles. The van der Waals surface area contributed by atoms with Crippen molar-refractivity contribution in [1.29, 1.82) is 0 Å². The zero-order chi connectivity index (χ0) is 15.1. The number of hydrogen-bond acceptors (Lipinski definition) is 3. The monoisotopic (exact) mass is 289 g/mol. The van der Waals surface area contributed by atoms with E-state index >= 15 is 0 Å². The molecule has 0 aliphatic heterocycles. The van der Waals surface area contributed by atoms with E-state index in [0.29, 0.717) is 17.8 Å². The zero-order valence-electron chi connectivity index (χ0n) is 13.0. The van der Waals surface area contributed by atoms with Gasteiger partial charge < -0.3 is 16.0 Å². The van der Waals surface area contributed by atoms with Crippen LogP contribution < -0.4 is 11.1 Å². The topological polar surface area (TPSA) is 58.4 Å². The highest BCUT2D eigenvalue weighted by molar-refractivity contribution is 5.93. The summed E-state index contributed by atoms with van der Waals surface area (Å²) >= 11 is 0. The Morgan fingerprint density at radius 1 is 1.33 bits per heavy atom. The van der Waals surface area contributed by atoms with Crippen LogP contribution in [0.25, 0.3) is 0 Å². The number of nitrogens with one attached hydrogen (secondary N) is 1. The number of anilines is 2. The van der Waals surface area contributed by atoms with Gasteiger partial charge in [0, 0.05) is 12.5 Å². The van der Waals surface area contributed by atoms with Crippen molar-refractivity contribution in [1.82, 2.24) is 4.90 Å². The van der Waals surface area contributed by atoms with Gasteiger partial charge in [-0.3, -0.25) is 4.79 Å². The van der Waals surface area contributed by atoms with Crippen molar-refractivity contribution in [3.05, 3.63) is 24.3 Å². The first-order valence-corrected chi connectivity index (χ1v) is 8.09. The number of nitrogens with two attached hydrogens (primary N) is 1. The van der Waals surface area contributed by atoms with Gasteiger partial charge in [0.05, 0.1) is 11.4 Å². The van der Waals surface area contributed by atoms with E-state index in [2.05, 4.69) is 17.1 Å². The van der Waals surface area contributed by atoms with E-state index in [0.717, 1.165) is 25.6 Å². The second-order valence-electron chi connectivity index (χ2n) is 5.81. The van der Waals surface area contributed by atoms with Crippen LogP contribution in [0.4, 0.5) is 11.4 Å². The van der Waals surface area contributed by atoms with Gasteiger partial charge in [0.1, 0.15) is 0 Å². The lowest BCUT2D eigenvalue weighted by atomic mass is 10.2. The van der Waals surface area contributed by atoms with Gasteiger partial charge in [-0.1, -0.05) is 31.9 Å². The smallest absolute Gasteiger partial charge is 0.224 e. The third-order valence-corrected chi connectivity index (χ3v) is 4.33. The largest absolute Gasteiger partial charge is 0.397 e. The summed E-state index contributed by atoms with van der Waals surface area (Å²) in [4.78, 5) is 14.5. The van der Waals surface area contributed by atoms with E-state index < -0.39 is 0 Å². The molecule has 1 aromatic rings. The molecule has 1 saturated carbocycles. The summed E-state index contributed by atoms with van der Waals surface area (Å²) in [6.07, 6.45) is 6.81. The summed E-state index contributed by atoms with van der Waals surface area (Å²) in [6.45, 7) is 4.31. The van der Waals surface area contributed by atoms with E-state index in [1.807, 2.05) is 18.2 Å². The summed E-state index contributed by atoms with van der Waals surface area (Å²) < 4.78 is 0. The third kappa shape index (κ3) is 4.74. The first-order chi connectivity index (χ1) is 10.2. The van der Waals surface area contributed by atoms with Crippen molar-refractivity contribution in [2.24, 2.45) is 0 Å². The summed E-state index contributed by atoms with van der Waals surface area (Å²) in [5.41, 5.74) is 7.16. The molecule has 1 aliphatic carbocycles. The van der Waals surface area contributed by atoms with Crippen LogP contribution in [0.5, 0.6) is 0 Å². The van der Waals surface area contributed by atoms with Crippen LogP contribution in [0.15, 0.2) is 24.3 Å². The summed E-state index contributed by atoms with van der Waals surface area (Å²) in [5, 5.41) is 2.89. The second kappa shape index (κ2) is 8.03. The molecule has 21 heavy (non-hydrogen) atoms. The summed E-state index contributed by atoms with van der Waals surface area (Å²) in [6, 6.07) is 8.12. The highest BCUT2D eigenvalue weighted by Crippen LogP contribution is 2.23. The van der Waals surface area contributed by atoms with Crippen molar-refractivity contribution < 1.29 is 4.79 Å². The molecule has 4 heteroatoms. The molecule has 0 unspecified atom stereocenters. The second-order valence-corrected chi connectivity index (χ2v) is 5.81. The zero-order valence-corrected chi connectivity index (χ0v) is 13.0. The highest BCUT2D eigenvalue weighted by Gasteiger charge is 2.20. The predicted octanol–water partition coefficient (Wildman–Crippen LogP) is 3.25. The Hall–Kier alpha value is -1.55. The molecule has 3 N–H and O–H groups in total. The van der Waals surface area contributed by atoms with Gasteiger partial charge in [0.25, 0.3) is 0 Å². The van der Waals surface area contributed by atoms with Crippen molar-refractivity contribution in [2.45, 2.75) is 51.5 Å². The number of benzene rings is 1. The Morgan fingerprint density at radius 2 is 2.05 bits per heavy atom. The Kier molecular flexibility index (Phi) is 6.05. The number of nitrogens with zero attached hydrogens (tertiary/aromatic N) is 1. The molecule has 1 fully saturated rings. The van der Waals surface area contributed by atoms with E-state index in [-0.39, 0.29) is 5.91 Å². The molecule has 0 aromatic heterocycles. The Balaban J connectivity index is 1.72. The van der Waals surface area contributed by atoms with Crippen LogP contribution in [-0.2, 0) is 4.79 Å². The summed E-state index contributed by atoms with van der Waals surface area (Å²) in [7, 11) is 0. The van der Waals surface area contributed by atoms with Gasteiger partial charge in [0.2, 0.25) is 5.91 Å². The molecular weight excluding hydrogens is 262 g/mol. The van der Waals surface area contributed by atoms with E-state index in [4.69, 9.17) is 5.73 Å². The fourth-order valence-corrected chi connectivity index (χ4v) is 3.13. The minimum absolute atomic E-state index is 0.0513. The quantitative estimate of drug-likeness (QED) is 0.758. The summed E-state index contributed by atoms with van der Waals surface area (Å²) in [5.74, 6) is 0.0513. The molecule has 2 rings (SSSR count). The number of carbonyl (C=O) groups is 1. The van der Waals surface area contributed by atoms with Crippen LogP contribution in [0.2, 0.25) is 0 Å². The average Bonchev–Trinajstić information content (AvgIpc) is 3.00. The van der Waals surface area contributed by atoms with Crippen LogP contribution in [0, 0.1) is 0 Å². The molecule has 0 bridgehead atoms. The van der Waals surface area contributed by atoms with Crippen molar-refractivity contribution >= 4 is 17.3 Å². The highest BCUT2D eigenvalue weighted by atomic mass is 16.1. The molecule has 1 aromatic carbocycles. The predicted molar refractivity (Wildman–Crippen MR) is 88.2 cm³/mol. The van der Waals surface area contributed by atoms with E-state index in [1.54, 1.807) is 6.07 Å². The molecule has 0 radical (unpaired) electrons. The SMILES string of the molecule is CCN(CCCC(=O)Nc1ccccc1N)C1CCCC1. The van der Waals surface area contributed by atoms with Crippen LogP contribution >= 0.6 is 0 Å². The molecule has 0 spiro atoms. The fraction of sp³-hybridized carbons (Fsp3) is 0.588. The molecular formula is C17H27N3O. The lowest BCUT2D eigenvalue weighted by Gasteiger charge is -2.27. The first kappa shape index (κ1) is 15.8. The fourth-order valence-electron chi connectivity index (χ4n) is 3.13. The van der Waals surface area contributed by atoms with Crippen LogP contribution in [0.1, 0.15) is 45.4 Å². The lowest BCUT2D eigenvalue weighted by Crippen LogP contribution is -2.34. The molecule has 116 valence electrons. The number of hydrogen-bond donors (Lipinski definition) is 2. The Bertz CT molecular complexity index is 455. The molecule has 4 nitrogen and oxygen atoms in total. The maximum absolute atomic E-state index is 12.0. The first-order valence-electron chi connectivity index (χ1n) is 8.09. The van der Waals surface area contributed by atoms with Crippen molar-refractivity contribution in [3.63, 3.8) is 0 Å². The van der Waals surface area contributed by atoms with Crippen LogP contribution in [0.3, 0.4) is 0 Å². The maximum Gasteiger partial charge on any atom is 0.224 e. The number of rotatable bonds is 7. The molecule has 0 atom stereocenters. The van der Waals surface area contributed by atoms with E-state index in [1.165, 1.54) is 25.7 Å². The van der Waals surface area contributed by atoms with Crippen molar-refractivity contribution in [2.75, 3.05) is 24.1 Å². The Labute approximate surface area is 127 Å². The van der Waals surface area contributed by atoms with Gasteiger partial charge in [-0.25, -0.2) is 0 Å². The standard InChI is InChI=1S/C17H27N3O/c1-2-20(14-8-3-4-9-14)13-7-12-17(21)19-16-11-6-5-10-15(16)18/h5-6,10-11,14H,2-4,7-9,12-13,18H2,1H3,(H,19,21). The minimum atomic E-state index is 0.0513. The minimum Gasteiger partial charge on any atom is -0.397 e. The van der Waals surface area contributed by atoms with E-state index in [9.17, 15) is 4.79 Å². The molecule has 1 aliphatic rings. The van der Waals surface area contributed by atoms with Crippen molar-refractivity contribution in [3.8, 4) is 0 Å². The van der Waals surface area contributed by atoms with Crippen LogP contribution in [-0.4, -0.2) is 29.9 Å². The van der Waals surface area contributed by atoms with Gasteiger partial charge >= 0.3 is 0 Å². The van der Waals surface area contributed by atoms with Gasteiger partial charge in [0.15, 0.2) is 0 Å². The molecule has 0 heterocycles. The van der Waals surface area contributed by atoms with Gasteiger partial charge in [-0.15, -0.1) is 0 Å². The Morgan fingerprint density at radius 3 is 2.71 bits per heavy atom. The van der Waals surface area contributed by atoms with Gasteiger partial charge in [-0.2, -0.15) is 0 Å². The number of para-hydroxylation sites is 2. The number of carbonyl (C=O) groups excluding carboxylic acids is 1.